The maximum absolute atomic E-state index is 11.9. The lowest BCUT2D eigenvalue weighted by Gasteiger charge is -2.36. The summed E-state index contributed by atoms with van der Waals surface area (Å²) in [5.41, 5.74) is 0. The van der Waals surface area contributed by atoms with Crippen molar-refractivity contribution in [2.24, 2.45) is 0 Å². The van der Waals surface area contributed by atoms with Crippen LogP contribution >= 0.6 is 0 Å². The summed E-state index contributed by atoms with van der Waals surface area (Å²) >= 11 is 0. The zero-order valence-electron chi connectivity index (χ0n) is 11.6. The van der Waals surface area contributed by atoms with Gasteiger partial charge in [-0.3, -0.25) is 4.90 Å². The van der Waals surface area contributed by atoms with Gasteiger partial charge in [0.2, 0.25) is 0 Å². The summed E-state index contributed by atoms with van der Waals surface area (Å²) in [5.74, 6) is 0. The highest BCUT2D eigenvalue weighted by molar-refractivity contribution is 7.91. The van der Waals surface area contributed by atoms with Crippen LogP contribution in [0.3, 0.4) is 0 Å². The monoisotopic (exact) mass is 274 g/mol. The highest BCUT2D eigenvalue weighted by Crippen LogP contribution is 2.31. The number of nitrogens with one attached hydrogen (secondary N) is 1. The summed E-state index contributed by atoms with van der Waals surface area (Å²) in [6, 6.07) is 0.794. The molecule has 0 radical (unpaired) electrons. The van der Waals surface area contributed by atoms with Gasteiger partial charge in [-0.1, -0.05) is 13.3 Å². The molecule has 0 bridgehead atoms. The van der Waals surface area contributed by atoms with E-state index in [1.54, 1.807) is 0 Å². The van der Waals surface area contributed by atoms with Crippen LogP contribution in [-0.2, 0) is 9.84 Å². The second-order valence-electron chi connectivity index (χ2n) is 5.75. The number of nitrogens with zero attached hydrogens (tertiary/aromatic N) is 1. The van der Waals surface area contributed by atoms with Crippen molar-refractivity contribution in [3.8, 4) is 0 Å². The fourth-order valence-corrected chi connectivity index (χ4v) is 5.04. The van der Waals surface area contributed by atoms with Crippen molar-refractivity contribution in [3.05, 3.63) is 0 Å². The third-order valence-electron chi connectivity index (χ3n) is 4.38. The van der Waals surface area contributed by atoms with E-state index in [4.69, 9.17) is 0 Å². The van der Waals surface area contributed by atoms with E-state index in [1.807, 2.05) is 0 Å². The molecule has 2 aliphatic rings. The number of sulfone groups is 1. The molecule has 4 nitrogen and oxygen atoms in total. The predicted molar refractivity (Wildman–Crippen MR) is 74.5 cm³/mol. The van der Waals surface area contributed by atoms with Gasteiger partial charge in [-0.15, -0.1) is 0 Å². The first-order valence-electron chi connectivity index (χ1n) is 7.19. The largest absolute Gasteiger partial charge is 0.315 e. The molecule has 0 aromatic heterocycles. The Morgan fingerprint density at radius 2 is 2.06 bits per heavy atom. The van der Waals surface area contributed by atoms with E-state index in [0.717, 1.165) is 51.7 Å². The second-order valence-corrected chi connectivity index (χ2v) is 8.02. The van der Waals surface area contributed by atoms with Gasteiger partial charge in [0.1, 0.15) is 0 Å². The van der Waals surface area contributed by atoms with E-state index in [2.05, 4.69) is 17.1 Å². The van der Waals surface area contributed by atoms with Gasteiger partial charge in [0.25, 0.3) is 0 Å². The number of hydrogen-bond acceptors (Lipinski definition) is 4. The molecule has 0 amide bonds. The van der Waals surface area contributed by atoms with Crippen molar-refractivity contribution >= 4 is 9.84 Å². The van der Waals surface area contributed by atoms with Crippen molar-refractivity contribution in [2.75, 3.05) is 25.9 Å². The highest BCUT2D eigenvalue weighted by atomic mass is 32.2. The first kappa shape index (κ1) is 14.3. The lowest BCUT2D eigenvalue weighted by Crippen LogP contribution is -2.49. The molecule has 3 atom stereocenters. The van der Waals surface area contributed by atoms with Gasteiger partial charge in [-0.05, 0) is 38.8 Å². The van der Waals surface area contributed by atoms with Crippen molar-refractivity contribution in [1.82, 2.24) is 10.2 Å². The van der Waals surface area contributed by atoms with E-state index in [0.29, 0.717) is 6.04 Å². The van der Waals surface area contributed by atoms with E-state index < -0.39 is 9.84 Å². The van der Waals surface area contributed by atoms with Crippen molar-refractivity contribution in [1.29, 1.82) is 0 Å². The van der Waals surface area contributed by atoms with Gasteiger partial charge in [-0.2, -0.15) is 0 Å². The molecule has 106 valence electrons. The summed E-state index contributed by atoms with van der Waals surface area (Å²) in [6.45, 7) is 5.30. The molecule has 5 heteroatoms. The zero-order chi connectivity index (χ0) is 13.2. The predicted octanol–water partition coefficient (Wildman–Crippen LogP) is 1.03. The van der Waals surface area contributed by atoms with Crippen LogP contribution in [0.2, 0.25) is 0 Å². The first-order valence-corrected chi connectivity index (χ1v) is 9.15. The van der Waals surface area contributed by atoms with Gasteiger partial charge in [0, 0.05) is 24.9 Å². The molecule has 1 N–H and O–H groups in total. The lowest BCUT2D eigenvalue weighted by molar-refractivity contribution is 0.146. The van der Waals surface area contributed by atoms with Crippen LogP contribution in [0.1, 0.15) is 39.0 Å². The van der Waals surface area contributed by atoms with E-state index >= 15 is 0 Å². The molecule has 0 spiro atoms. The van der Waals surface area contributed by atoms with Crippen LogP contribution in [0.4, 0.5) is 0 Å². The second kappa shape index (κ2) is 5.88. The molecule has 1 saturated heterocycles. The fraction of sp³-hybridized carbons (Fsp3) is 1.00. The lowest BCUT2D eigenvalue weighted by atomic mass is 10.1. The van der Waals surface area contributed by atoms with Crippen molar-refractivity contribution < 1.29 is 8.42 Å². The standard InChI is InChI=1S/C13H26N2O2S/c1-3-9-15(11-7-8-14-10-11)12-5-4-6-13(12)18(2,16)17/h11-14H,3-10H2,1-2H3. The minimum Gasteiger partial charge on any atom is -0.315 e. The topological polar surface area (TPSA) is 49.4 Å². The van der Waals surface area contributed by atoms with Gasteiger partial charge in [-0.25, -0.2) is 8.42 Å². The Bertz CT molecular complexity index is 363. The Morgan fingerprint density at radius 1 is 1.28 bits per heavy atom. The Kier molecular flexibility index (Phi) is 4.67. The molecule has 3 unspecified atom stereocenters. The molecule has 2 rings (SSSR count). The first-order chi connectivity index (χ1) is 8.54. The van der Waals surface area contributed by atoms with Gasteiger partial charge >= 0.3 is 0 Å². The van der Waals surface area contributed by atoms with E-state index in [9.17, 15) is 8.42 Å². The molecule has 1 heterocycles. The molecule has 1 aliphatic carbocycles. The summed E-state index contributed by atoms with van der Waals surface area (Å²) in [7, 11) is -2.91. The average Bonchev–Trinajstić information content (AvgIpc) is 2.96. The Balaban J connectivity index is 2.13. The van der Waals surface area contributed by atoms with Crippen LogP contribution < -0.4 is 5.32 Å². The molecular formula is C13H26N2O2S. The molecule has 0 aromatic carbocycles. The third-order valence-corrected chi connectivity index (χ3v) is 6.03. The van der Waals surface area contributed by atoms with Crippen LogP contribution in [0, 0.1) is 0 Å². The minimum atomic E-state index is -2.91. The van der Waals surface area contributed by atoms with Gasteiger partial charge < -0.3 is 5.32 Å². The van der Waals surface area contributed by atoms with Crippen LogP contribution in [0.15, 0.2) is 0 Å². The summed E-state index contributed by atoms with van der Waals surface area (Å²) in [6.07, 6.45) is 6.63. The average molecular weight is 274 g/mol. The van der Waals surface area contributed by atoms with Crippen LogP contribution in [-0.4, -0.2) is 56.5 Å². The van der Waals surface area contributed by atoms with E-state index in [1.165, 1.54) is 6.26 Å². The van der Waals surface area contributed by atoms with Gasteiger partial charge in [0.05, 0.1) is 5.25 Å². The summed E-state index contributed by atoms with van der Waals surface area (Å²) < 4.78 is 23.9. The maximum atomic E-state index is 11.9. The van der Waals surface area contributed by atoms with E-state index in [-0.39, 0.29) is 11.3 Å². The molecule has 18 heavy (non-hydrogen) atoms. The fourth-order valence-electron chi connectivity index (χ4n) is 3.59. The zero-order valence-corrected chi connectivity index (χ0v) is 12.4. The minimum absolute atomic E-state index is 0.135. The molecule has 1 aliphatic heterocycles. The maximum Gasteiger partial charge on any atom is 0.151 e. The molecule has 2 fully saturated rings. The number of hydrogen-bond donors (Lipinski definition) is 1. The van der Waals surface area contributed by atoms with Gasteiger partial charge in [0.15, 0.2) is 9.84 Å². The van der Waals surface area contributed by atoms with Crippen LogP contribution in [0.5, 0.6) is 0 Å². The Morgan fingerprint density at radius 3 is 2.61 bits per heavy atom. The van der Waals surface area contributed by atoms with Crippen molar-refractivity contribution in [2.45, 2.75) is 56.4 Å². The third kappa shape index (κ3) is 3.06. The number of rotatable bonds is 5. The van der Waals surface area contributed by atoms with Crippen LogP contribution in [0.25, 0.3) is 0 Å². The smallest absolute Gasteiger partial charge is 0.151 e. The quantitative estimate of drug-likeness (QED) is 0.813. The highest BCUT2D eigenvalue weighted by Gasteiger charge is 2.40. The SMILES string of the molecule is CCCN(C1CCNC1)C1CCCC1S(C)(=O)=O. The Labute approximate surface area is 111 Å². The summed E-state index contributed by atoms with van der Waals surface area (Å²) in [5, 5.41) is 3.26. The molecule has 1 saturated carbocycles. The van der Waals surface area contributed by atoms with Crippen molar-refractivity contribution in [3.63, 3.8) is 0 Å². The molecule has 0 aromatic rings. The molecular weight excluding hydrogens is 248 g/mol. The normalized spacial score (nSPS) is 33.4. The summed E-state index contributed by atoms with van der Waals surface area (Å²) in [4.78, 5) is 2.48. The Hall–Kier alpha value is -0.130.